The van der Waals surface area contributed by atoms with Crippen molar-refractivity contribution in [2.24, 2.45) is 0 Å². The number of carbonyl (C=O) groups is 1. The van der Waals surface area contributed by atoms with Crippen LogP contribution in [0.4, 0.5) is 4.39 Å². The van der Waals surface area contributed by atoms with E-state index in [0.29, 0.717) is 0 Å². The van der Waals surface area contributed by atoms with Gasteiger partial charge in [-0.1, -0.05) is 65.7 Å². The van der Waals surface area contributed by atoms with Crippen LogP contribution >= 0.6 is 0 Å². The number of hydrogen-bond acceptors (Lipinski definition) is 3. The Kier molecular flexibility index (Phi) is 6.19. The first-order chi connectivity index (χ1) is 15.7. The standard InChI is InChI=1S/C26H24FNO4S/c1-17-9-11-22(12-10-17)33(31,32)28-24(19-6-3-5-18(2)15-19)14-13-23(26(29)30)25(28)20-7-4-8-21(27)16-20/h3-13,15-16,24-25H,14H2,1-2H3,(H,29,30). The van der Waals surface area contributed by atoms with Crippen LogP contribution in [-0.2, 0) is 14.8 Å². The molecule has 0 saturated carbocycles. The van der Waals surface area contributed by atoms with Crippen molar-refractivity contribution in [3.05, 3.63) is 113 Å². The van der Waals surface area contributed by atoms with Crippen LogP contribution in [-0.4, -0.2) is 23.8 Å². The molecule has 4 rings (SSSR count). The summed E-state index contributed by atoms with van der Waals surface area (Å²) in [5.74, 6) is -1.81. The zero-order chi connectivity index (χ0) is 23.8. The van der Waals surface area contributed by atoms with E-state index in [1.54, 1.807) is 24.3 Å². The third-order valence-corrected chi connectivity index (χ3v) is 7.74. The van der Waals surface area contributed by atoms with Gasteiger partial charge in [0, 0.05) is 0 Å². The molecule has 1 heterocycles. The summed E-state index contributed by atoms with van der Waals surface area (Å²) in [5, 5.41) is 9.95. The SMILES string of the molecule is Cc1ccc(S(=O)(=O)N2C(c3cccc(C)c3)CC=C(C(=O)O)C2c2cccc(F)c2)cc1. The number of carboxylic acids is 1. The van der Waals surface area contributed by atoms with Gasteiger partial charge in [0.25, 0.3) is 0 Å². The summed E-state index contributed by atoms with van der Waals surface area (Å²) in [7, 11) is -4.16. The third kappa shape index (κ3) is 4.47. The lowest BCUT2D eigenvalue weighted by Gasteiger charge is -2.40. The summed E-state index contributed by atoms with van der Waals surface area (Å²) in [6, 6.07) is 17.5. The molecule has 0 bridgehead atoms. The summed E-state index contributed by atoms with van der Waals surface area (Å²) < 4.78 is 43.4. The number of rotatable bonds is 5. The van der Waals surface area contributed by atoms with E-state index in [2.05, 4.69) is 0 Å². The van der Waals surface area contributed by atoms with E-state index < -0.39 is 33.9 Å². The molecule has 0 aromatic heterocycles. The first kappa shape index (κ1) is 22.9. The molecule has 0 radical (unpaired) electrons. The smallest absolute Gasteiger partial charge is 0.333 e. The fourth-order valence-electron chi connectivity index (χ4n) is 4.28. The Hall–Kier alpha value is -3.29. The van der Waals surface area contributed by atoms with Crippen molar-refractivity contribution < 1.29 is 22.7 Å². The van der Waals surface area contributed by atoms with Gasteiger partial charge < -0.3 is 5.11 Å². The Morgan fingerprint density at radius 1 is 0.939 bits per heavy atom. The van der Waals surface area contributed by atoms with E-state index in [9.17, 15) is 22.7 Å². The first-order valence-electron chi connectivity index (χ1n) is 10.5. The molecule has 7 heteroatoms. The van der Waals surface area contributed by atoms with Gasteiger partial charge in [-0.25, -0.2) is 17.6 Å². The Bertz CT molecular complexity index is 1330. The molecule has 1 aliphatic heterocycles. The molecule has 0 saturated heterocycles. The van der Waals surface area contributed by atoms with E-state index in [1.165, 1.54) is 34.6 Å². The lowest BCUT2D eigenvalue weighted by atomic mass is 9.89. The van der Waals surface area contributed by atoms with Crippen molar-refractivity contribution in [1.29, 1.82) is 0 Å². The van der Waals surface area contributed by atoms with E-state index >= 15 is 0 Å². The molecule has 3 aromatic carbocycles. The average molecular weight is 466 g/mol. The summed E-state index contributed by atoms with van der Waals surface area (Å²) in [6.45, 7) is 3.77. The summed E-state index contributed by atoms with van der Waals surface area (Å²) in [4.78, 5) is 12.2. The van der Waals surface area contributed by atoms with Gasteiger partial charge >= 0.3 is 5.97 Å². The monoisotopic (exact) mass is 465 g/mol. The average Bonchev–Trinajstić information content (AvgIpc) is 2.78. The van der Waals surface area contributed by atoms with Crippen molar-refractivity contribution in [3.8, 4) is 0 Å². The van der Waals surface area contributed by atoms with Gasteiger partial charge in [0.05, 0.1) is 22.6 Å². The van der Waals surface area contributed by atoms with Crippen LogP contribution in [0.15, 0.2) is 89.3 Å². The molecule has 5 nitrogen and oxygen atoms in total. The Balaban J connectivity index is 1.98. The maximum absolute atomic E-state index is 14.2. The summed E-state index contributed by atoms with van der Waals surface area (Å²) in [5.41, 5.74) is 2.76. The van der Waals surface area contributed by atoms with Crippen LogP contribution in [0.1, 0.15) is 40.8 Å². The Morgan fingerprint density at radius 2 is 1.61 bits per heavy atom. The molecule has 0 aliphatic carbocycles. The van der Waals surface area contributed by atoms with Crippen LogP contribution in [0.5, 0.6) is 0 Å². The molecule has 2 atom stereocenters. The molecule has 3 aromatic rings. The van der Waals surface area contributed by atoms with Gasteiger partial charge in [0.2, 0.25) is 10.0 Å². The summed E-state index contributed by atoms with van der Waals surface area (Å²) >= 11 is 0. The van der Waals surface area contributed by atoms with Gasteiger partial charge in [0.1, 0.15) is 5.82 Å². The van der Waals surface area contributed by atoms with E-state index in [0.717, 1.165) is 16.7 Å². The quantitative estimate of drug-likeness (QED) is 0.553. The number of aryl methyl sites for hydroxylation is 2. The molecule has 2 unspecified atom stereocenters. The maximum atomic E-state index is 14.2. The van der Waals surface area contributed by atoms with Crippen molar-refractivity contribution in [3.63, 3.8) is 0 Å². The zero-order valence-electron chi connectivity index (χ0n) is 18.3. The minimum atomic E-state index is -4.16. The fourth-order valence-corrected chi connectivity index (χ4v) is 6.06. The highest BCUT2D eigenvalue weighted by molar-refractivity contribution is 7.89. The molecule has 170 valence electrons. The molecule has 0 fully saturated rings. The third-order valence-electron chi connectivity index (χ3n) is 5.85. The maximum Gasteiger partial charge on any atom is 0.333 e. The zero-order valence-corrected chi connectivity index (χ0v) is 19.1. The molecular formula is C26H24FNO4S. The number of halogens is 1. The number of aliphatic carboxylic acids is 1. The van der Waals surface area contributed by atoms with Gasteiger partial charge in [0.15, 0.2) is 0 Å². The van der Waals surface area contributed by atoms with Crippen molar-refractivity contribution in [2.75, 3.05) is 0 Å². The molecule has 33 heavy (non-hydrogen) atoms. The van der Waals surface area contributed by atoms with Crippen LogP contribution in [0.2, 0.25) is 0 Å². The highest BCUT2D eigenvalue weighted by Gasteiger charge is 2.44. The molecule has 1 N–H and O–H groups in total. The number of carboxylic acid groups (broad SMARTS) is 1. The second kappa shape index (κ2) is 8.92. The van der Waals surface area contributed by atoms with Gasteiger partial charge in [-0.2, -0.15) is 4.31 Å². The highest BCUT2D eigenvalue weighted by atomic mass is 32.2. The van der Waals surface area contributed by atoms with Crippen molar-refractivity contribution in [2.45, 2.75) is 37.2 Å². The summed E-state index contributed by atoms with van der Waals surface area (Å²) in [6.07, 6.45) is 1.73. The lowest BCUT2D eigenvalue weighted by molar-refractivity contribution is -0.133. The normalized spacial score (nSPS) is 19.2. The van der Waals surface area contributed by atoms with E-state index in [4.69, 9.17) is 0 Å². The molecule has 0 amide bonds. The second-order valence-electron chi connectivity index (χ2n) is 8.24. The minimum Gasteiger partial charge on any atom is -0.478 e. The number of hydrogen-bond donors (Lipinski definition) is 1. The van der Waals surface area contributed by atoms with Crippen LogP contribution < -0.4 is 0 Å². The second-order valence-corrected chi connectivity index (χ2v) is 10.1. The number of sulfonamides is 1. The Labute approximate surface area is 192 Å². The van der Waals surface area contributed by atoms with Crippen LogP contribution in [0, 0.1) is 19.7 Å². The van der Waals surface area contributed by atoms with Gasteiger partial charge in [-0.15, -0.1) is 0 Å². The van der Waals surface area contributed by atoms with Gasteiger partial charge in [-0.3, -0.25) is 0 Å². The van der Waals surface area contributed by atoms with Crippen LogP contribution in [0.3, 0.4) is 0 Å². The van der Waals surface area contributed by atoms with E-state index in [1.807, 2.05) is 38.1 Å². The molecule has 0 spiro atoms. The van der Waals surface area contributed by atoms with Gasteiger partial charge in [-0.05, 0) is 55.7 Å². The van der Waals surface area contributed by atoms with E-state index in [-0.39, 0.29) is 22.5 Å². The van der Waals surface area contributed by atoms with Crippen molar-refractivity contribution in [1.82, 2.24) is 4.31 Å². The molecular weight excluding hydrogens is 441 g/mol. The van der Waals surface area contributed by atoms with Crippen LogP contribution in [0.25, 0.3) is 0 Å². The molecule has 1 aliphatic rings. The topological polar surface area (TPSA) is 74.7 Å². The predicted molar refractivity (Wildman–Crippen MR) is 124 cm³/mol. The number of nitrogens with zero attached hydrogens (tertiary/aromatic N) is 1. The first-order valence-corrected chi connectivity index (χ1v) is 12.0. The lowest BCUT2D eigenvalue weighted by Crippen LogP contribution is -2.42. The minimum absolute atomic E-state index is 0.0544. The van der Waals surface area contributed by atoms with Crippen molar-refractivity contribution >= 4 is 16.0 Å². The predicted octanol–water partition coefficient (Wildman–Crippen LogP) is 5.33. The highest BCUT2D eigenvalue weighted by Crippen LogP contribution is 2.45. The fraction of sp³-hybridized carbons (Fsp3) is 0.192. The Morgan fingerprint density at radius 3 is 2.24 bits per heavy atom. The number of benzene rings is 3. The largest absolute Gasteiger partial charge is 0.478 e.